The second-order valence-corrected chi connectivity index (χ2v) is 3.27. The Morgan fingerprint density at radius 3 is 2.44 bits per heavy atom. The Balaban J connectivity index is 2.95. The molecule has 0 saturated heterocycles. The van der Waals surface area contributed by atoms with Gasteiger partial charge < -0.3 is 5.73 Å². The molecule has 0 amide bonds. The normalized spacial score (nSPS) is 13.7. The summed E-state index contributed by atoms with van der Waals surface area (Å²) in [5.74, 6) is 0.929. The standard InChI is InChI=1S/C6H15NS2/c7-4-1-2-6(9)3-5-8/h6,8-9H,1-5,7H2. The van der Waals surface area contributed by atoms with E-state index in [0.717, 1.165) is 31.6 Å². The lowest BCUT2D eigenvalue weighted by Crippen LogP contribution is -2.05. The van der Waals surface area contributed by atoms with E-state index in [1.807, 2.05) is 0 Å². The molecule has 3 heteroatoms. The lowest BCUT2D eigenvalue weighted by Gasteiger charge is -2.05. The van der Waals surface area contributed by atoms with Gasteiger partial charge in [0.1, 0.15) is 0 Å². The summed E-state index contributed by atoms with van der Waals surface area (Å²) in [7, 11) is 0. The molecule has 0 radical (unpaired) electrons. The Morgan fingerprint density at radius 2 is 2.00 bits per heavy atom. The lowest BCUT2D eigenvalue weighted by atomic mass is 10.2. The summed E-state index contributed by atoms with van der Waals surface area (Å²) in [5, 5.41) is 0.506. The van der Waals surface area contributed by atoms with Gasteiger partial charge in [0.2, 0.25) is 0 Å². The minimum absolute atomic E-state index is 0.506. The second kappa shape index (κ2) is 6.78. The molecule has 9 heavy (non-hydrogen) atoms. The molecule has 1 unspecified atom stereocenters. The van der Waals surface area contributed by atoms with Gasteiger partial charge in [0.25, 0.3) is 0 Å². The molecular weight excluding hydrogens is 150 g/mol. The van der Waals surface area contributed by atoms with Crippen LogP contribution in [0.1, 0.15) is 19.3 Å². The Hall–Kier alpha value is 0.660. The van der Waals surface area contributed by atoms with Crippen molar-refractivity contribution in [1.82, 2.24) is 0 Å². The fourth-order valence-corrected chi connectivity index (χ4v) is 1.47. The van der Waals surface area contributed by atoms with Crippen LogP contribution in [-0.4, -0.2) is 17.5 Å². The summed E-state index contributed by atoms with van der Waals surface area (Å²) in [5.41, 5.74) is 5.32. The molecule has 0 aromatic carbocycles. The molecule has 56 valence electrons. The molecule has 0 aromatic rings. The van der Waals surface area contributed by atoms with Gasteiger partial charge in [-0.2, -0.15) is 25.3 Å². The van der Waals surface area contributed by atoms with Gasteiger partial charge in [-0.25, -0.2) is 0 Å². The van der Waals surface area contributed by atoms with Crippen LogP contribution in [0.4, 0.5) is 0 Å². The van der Waals surface area contributed by atoms with Crippen LogP contribution in [-0.2, 0) is 0 Å². The minimum Gasteiger partial charge on any atom is -0.330 e. The molecular formula is C6H15NS2. The van der Waals surface area contributed by atoms with E-state index >= 15 is 0 Å². The maximum absolute atomic E-state index is 5.32. The Labute approximate surface area is 68.2 Å². The first kappa shape index (κ1) is 9.66. The maximum Gasteiger partial charge on any atom is 0.00250 e. The summed E-state index contributed by atoms with van der Waals surface area (Å²) < 4.78 is 0. The van der Waals surface area contributed by atoms with Crippen LogP contribution < -0.4 is 5.73 Å². The molecule has 0 aliphatic carbocycles. The van der Waals surface area contributed by atoms with Gasteiger partial charge in [0.15, 0.2) is 0 Å². The average Bonchev–Trinajstić information content (AvgIpc) is 1.85. The van der Waals surface area contributed by atoms with E-state index in [1.165, 1.54) is 0 Å². The van der Waals surface area contributed by atoms with E-state index in [1.54, 1.807) is 0 Å². The van der Waals surface area contributed by atoms with Crippen molar-refractivity contribution >= 4 is 25.3 Å². The Morgan fingerprint density at radius 1 is 1.33 bits per heavy atom. The first-order valence-electron chi connectivity index (χ1n) is 3.30. The fourth-order valence-electron chi connectivity index (χ4n) is 0.647. The lowest BCUT2D eigenvalue weighted by molar-refractivity contribution is 0.697. The number of thiol groups is 2. The van der Waals surface area contributed by atoms with E-state index in [9.17, 15) is 0 Å². The number of hydrogen-bond acceptors (Lipinski definition) is 3. The highest BCUT2D eigenvalue weighted by molar-refractivity contribution is 7.81. The third-order valence-electron chi connectivity index (χ3n) is 1.20. The topological polar surface area (TPSA) is 26.0 Å². The van der Waals surface area contributed by atoms with E-state index in [2.05, 4.69) is 25.3 Å². The van der Waals surface area contributed by atoms with Gasteiger partial charge in [0, 0.05) is 5.25 Å². The summed E-state index contributed by atoms with van der Waals surface area (Å²) in [6, 6.07) is 0. The van der Waals surface area contributed by atoms with Gasteiger partial charge >= 0.3 is 0 Å². The maximum atomic E-state index is 5.32. The molecule has 0 heterocycles. The zero-order valence-electron chi connectivity index (χ0n) is 5.58. The largest absolute Gasteiger partial charge is 0.330 e. The Bertz CT molecular complexity index is 59.0. The van der Waals surface area contributed by atoms with Crippen LogP contribution in [0.3, 0.4) is 0 Å². The van der Waals surface area contributed by atoms with Crippen LogP contribution in [0.5, 0.6) is 0 Å². The summed E-state index contributed by atoms with van der Waals surface area (Å²) in [6.45, 7) is 0.781. The number of hydrogen-bond donors (Lipinski definition) is 3. The number of rotatable bonds is 5. The second-order valence-electron chi connectivity index (χ2n) is 2.10. The molecule has 0 fully saturated rings. The van der Waals surface area contributed by atoms with Gasteiger partial charge in [0.05, 0.1) is 0 Å². The van der Waals surface area contributed by atoms with E-state index in [-0.39, 0.29) is 0 Å². The Kier molecular flexibility index (Phi) is 7.27. The molecule has 1 atom stereocenters. The molecule has 0 aliphatic rings. The summed E-state index contributed by atoms with van der Waals surface area (Å²) >= 11 is 8.44. The fraction of sp³-hybridized carbons (Fsp3) is 1.00. The van der Waals surface area contributed by atoms with Crippen molar-refractivity contribution in [3.8, 4) is 0 Å². The highest BCUT2D eigenvalue weighted by Gasteiger charge is 1.98. The van der Waals surface area contributed by atoms with Crippen molar-refractivity contribution in [2.24, 2.45) is 5.73 Å². The highest BCUT2D eigenvalue weighted by Crippen LogP contribution is 2.08. The molecule has 0 aromatic heterocycles. The first-order valence-corrected chi connectivity index (χ1v) is 4.45. The van der Waals surface area contributed by atoms with Crippen molar-refractivity contribution in [2.45, 2.75) is 24.5 Å². The molecule has 0 saturated carbocycles. The van der Waals surface area contributed by atoms with Crippen molar-refractivity contribution < 1.29 is 0 Å². The van der Waals surface area contributed by atoms with Crippen LogP contribution >= 0.6 is 25.3 Å². The number of nitrogens with two attached hydrogens (primary N) is 1. The predicted molar refractivity (Wildman–Crippen MR) is 49.5 cm³/mol. The third kappa shape index (κ3) is 6.55. The zero-order valence-corrected chi connectivity index (χ0v) is 7.37. The van der Waals surface area contributed by atoms with Crippen molar-refractivity contribution in [2.75, 3.05) is 12.3 Å². The van der Waals surface area contributed by atoms with Crippen molar-refractivity contribution in [3.63, 3.8) is 0 Å². The first-order chi connectivity index (χ1) is 4.31. The van der Waals surface area contributed by atoms with Gasteiger partial charge in [-0.05, 0) is 31.6 Å². The molecule has 0 bridgehead atoms. The monoisotopic (exact) mass is 165 g/mol. The van der Waals surface area contributed by atoms with Gasteiger partial charge in [-0.1, -0.05) is 0 Å². The van der Waals surface area contributed by atoms with E-state index in [4.69, 9.17) is 5.73 Å². The van der Waals surface area contributed by atoms with Crippen LogP contribution in [0.25, 0.3) is 0 Å². The molecule has 2 N–H and O–H groups in total. The zero-order chi connectivity index (χ0) is 7.11. The summed E-state index contributed by atoms with van der Waals surface area (Å²) in [4.78, 5) is 0. The third-order valence-corrected chi connectivity index (χ3v) is 1.98. The van der Waals surface area contributed by atoms with E-state index in [0.29, 0.717) is 5.25 Å². The van der Waals surface area contributed by atoms with Gasteiger partial charge in [-0.15, -0.1) is 0 Å². The molecule has 1 nitrogen and oxygen atoms in total. The van der Waals surface area contributed by atoms with Crippen molar-refractivity contribution in [3.05, 3.63) is 0 Å². The quantitative estimate of drug-likeness (QED) is 0.527. The minimum atomic E-state index is 0.506. The average molecular weight is 165 g/mol. The smallest absolute Gasteiger partial charge is 0.00250 e. The van der Waals surface area contributed by atoms with Crippen molar-refractivity contribution in [1.29, 1.82) is 0 Å². The predicted octanol–water partition coefficient (Wildman–Crippen LogP) is 1.34. The SMILES string of the molecule is NCCCC(S)CCS. The molecule has 0 spiro atoms. The van der Waals surface area contributed by atoms with Crippen LogP contribution in [0.2, 0.25) is 0 Å². The van der Waals surface area contributed by atoms with Gasteiger partial charge in [-0.3, -0.25) is 0 Å². The van der Waals surface area contributed by atoms with E-state index < -0.39 is 0 Å². The molecule has 0 aliphatic heterocycles. The molecule has 0 rings (SSSR count). The van der Waals surface area contributed by atoms with Crippen LogP contribution in [0, 0.1) is 0 Å². The van der Waals surface area contributed by atoms with Crippen LogP contribution in [0.15, 0.2) is 0 Å². The highest BCUT2D eigenvalue weighted by atomic mass is 32.1. The summed E-state index contributed by atoms with van der Waals surface area (Å²) in [6.07, 6.45) is 3.30.